The zero-order valence-electron chi connectivity index (χ0n) is 11.9. The number of aryl methyl sites for hydroxylation is 1. The monoisotopic (exact) mass is 258 g/mol. The van der Waals surface area contributed by atoms with Gasteiger partial charge < -0.3 is 10.3 Å². The third-order valence-corrected chi connectivity index (χ3v) is 4.02. The summed E-state index contributed by atoms with van der Waals surface area (Å²) in [5, 5.41) is 4.45. The highest BCUT2D eigenvalue weighted by atomic mass is 15.3. The number of nitrogens with two attached hydrogens (primary N) is 1. The lowest BCUT2D eigenvalue weighted by Gasteiger charge is -2.20. The normalized spacial score (nSPS) is 18.9. The maximum Gasteiger partial charge on any atom is 0.0837 e. The van der Waals surface area contributed by atoms with Gasteiger partial charge in [0.05, 0.1) is 11.9 Å². The fraction of sp³-hybridized carbons (Fsp3) is 0.533. The summed E-state index contributed by atoms with van der Waals surface area (Å²) in [5.74, 6) is 0. The van der Waals surface area contributed by atoms with Gasteiger partial charge in [0, 0.05) is 29.7 Å². The van der Waals surface area contributed by atoms with E-state index in [-0.39, 0.29) is 6.04 Å². The zero-order valence-corrected chi connectivity index (χ0v) is 11.9. The molecule has 1 aliphatic rings. The van der Waals surface area contributed by atoms with Crippen LogP contribution < -0.4 is 5.73 Å². The van der Waals surface area contributed by atoms with E-state index in [1.54, 1.807) is 0 Å². The number of aromatic nitrogens is 3. The Morgan fingerprint density at radius 3 is 2.89 bits per heavy atom. The summed E-state index contributed by atoms with van der Waals surface area (Å²) < 4.78 is 4.32. The Labute approximate surface area is 114 Å². The van der Waals surface area contributed by atoms with Crippen LogP contribution in [-0.2, 0) is 6.42 Å². The van der Waals surface area contributed by atoms with Crippen molar-refractivity contribution >= 4 is 0 Å². The van der Waals surface area contributed by atoms with Crippen molar-refractivity contribution in [1.82, 2.24) is 14.3 Å². The molecule has 0 fully saturated rings. The van der Waals surface area contributed by atoms with E-state index in [2.05, 4.69) is 42.7 Å². The first-order valence-electron chi connectivity index (χ1n) is 7.09. The molecule has 0 bridgehead atoms. The molecule has 4 heteroatoms. The molecule has 1 atom stereocenters. The van der Waals surface area contributed by atoms with Gasteiger partial charge in [0.1, 0.15) is 0 Å². The summed E-state index contributed by atoms with van der Waals surface area (Å²) >= 11 is 0. The zero-order chi connectivity index (χ0) is 13.6. The Kier molecular flexibility index (Phi) is 2.97. The maximum absolute atomic E-state index is 6.23. The van der Waals surface area contributed by atoms with E-state index in [0.29, 0.717) is 6.04 Å². The topological polar surface area (TPSA) is 48.8 Å². The van der Waals surface area contributed by atoms with Gasteiger partial charge in [-0.05, 0) is 51.7 Å². The lowest BCUT2D eigenvalue weighted by Crippen LogP contribution is -2.17. The highest BCUT2D eigenvalue weighted by molar-refractivity contribution is 5.41. The number of fused-ring (bicyclic) bond motifs is 1. The number of hydrogen-bond donors (Lipinski definition) is 1. The molecule has 0 radical (unpaired) electrons. The minimum absolute atomic E-state index is 0.198. The first kappa shape index (κ1) is 12.5. The average molecular weight is 258 g/mol. The molecule has 0 aliphatic heterocycles. The molecule has 0 saturated carbocycles. The standard InChI is InChI=1S/C15H22N4/c1-10(2)18-9-12(8-17-18)19-11(3)7-13-14(16)5-4-6-15(13)19/h7-10,14H,4-6,16H2,1-3H3. The second-order valence-corrected chi connectivity index (χ2v) is 5.79. The van der Waals surface area contributed by atoms with Crippen molar-refractivity contribution in [3.8, 4) is 5.69 Å². The first-order valence-corrected chi connectivity index (χ1v) is 7.09. The third kappa shape index (κ3) is 2.00. The third-order valence-electron chi connectivity index (χ3n) is 4.02. The van der Waals surface area contributed by atoms with Gasteiger partial charge in [0.2, 0.25) is 0 Å². The van der Waals surface area contributed by atoms with Crippen LogP contribution in [0.5, 0.6) is 0 Å². The molecule has 0 spiro atoms. The second-order valence-electron chi connectivity index (χ2n) is 5.79. The van der Waals surface area contributed by atoms with Gasteiger partial charge in [-0.25, -0.2) is 0 Å². The molecule has 1 aliphatic carbocycles. The van der Waals surface area contributed by atoms with E-state index < -0.39 is 0 Å². The lowest BCUT2D eigenvalue weighted by molar-refractivity contribution is 0.532. The predicted octanol–water partition coefficient (Wildman–Crippen LogP) is 2.90. The molecule has 0 saturated heterocycles. The largest absolute Gasteiger partial charge is 0.324 e. The van der Waals surface area contributed by atoms with Crippen LogP contribution in [0.2, 0.25) is 0 Å². The minimum atomic E-state index is 0.198. The summed E-state index contributed by atoms with van der Waals surface area (Å²) in [5.41, 5.74) is 11.3. The number of hydrogen-bond acceptors (Lipinski definition) is 2. The summed E-state index contributed by atoms with van der Waals surface area (Å²) in [6.45, 7) is 6.44. The van der Waals surface area contributed by atoms with E-state index in [4.69, 9.17) is 5.73 Å². The fourth-order valence-corrected chi connectivity index (χ4v) is 3.02. The van der Waals surface area contributed by atoms with Crippen molar-refractivity contribution in [2.24, 2.45) is 5.73 Å². The van der Waals surface area contributed by atoms with Crippen LogP contribution in [-0.4, -0.2) is 14.3 Å². The van der Waals surface area contributed by atoms with Crippen LogP contribution in [0.1, 0.15) is 55.7 Å². The molecule has 2 aromatic rings. The second kappa shape index (κ2) is 4.53. The molecule has 2 N–H and O–H groups in total. The quantitative estimate of drug-likeness (QED) is 0.900. The molecular weight excluding hydrogens is 236 g/mol. The molecular formula is C15H22N4. The predicted molar refractivity (Wildman–Crippen MR) is 76.5 cm³/mol. The SMILES string of the molecule is Cc1cc2c(n1-c1cnn(C(C)C)c1)CCCC2N. The van der Waals surface area contributed by atoms with E-state index in [9.17, 15) is 0 Å². The summed E-state index contributed by atoms with van der Waals surface area (Å²) in [6, 6.07) is 2.83. The molecule has 102 valence electrons. The van der Waals surface area contributed by atoms with E-state index in [1.807, 2.05) is 10.9 Å². The van der Waals surface area contributed by atoms with Gasteiger partial charge in [-0.1, -0.05) is 0 Å². The molecule has 0 amide bonds. The molecule has 2 aromatic heterocycles. The average Bonchev–Trinajstić information content (AvgIpc) is 2.93. The van der Waals surface area contributed by atoms with Gasteiger partial charge in [-0.2, -0.15) is 5.10 Å². The molecule has 4 nitrogen and oxygen atoms in total. The molecule has 19 heavy (non-hydrogen) atoms. The van der Waals surface area contributed by atoms with Crippen LogP contribution >= 0.6 is 0 Å². The minimum Gasteiger partial charge on any atom is -0.324 e. The Morgan fingerprint density at radius 1 is 1.42 bits per heavy atom. The van der Waals surface area contributed by atoms with Crippen LogP contribution in [0.15, 0.2) is 18.5 Å². The summed E-state index contributed by atoms with van der Waals surface area (Å²) in [4.78, 5) is 0. The fourth-order valence-electron chi connectivity index (χ4n) is 3.02. The first-order chi connectivity index (χ1) is 9.08. The van der Waals surface area contributed by atoms with Crippen LogP contribution in [0.3, 0.4) is 0 Å². The molecule has 0 aromatic carbocycles. The van der Waals surface area contributed by atoms with Crippen LogP contribution in [0.25, 0.3) is 5.69 Å². The number of nitrogens with zero attached hydrogens (tertiary/aromatic N) is 3. The van der Waals surface area contributed by atoms with Crippen molar-refractivity contribution in [2.45, 2.75) is 52.1 Å². The maximum atomic E-state index is 6.23. The van der Waals surface area contributed by atoms with E-state index >= 15 is 0 Å². The van der Waals surface area contributed by atoms with Gasteiger partial charge in [0.15, 0.2) is 0 Å². The van der Waals surface area contributed by atoms with Crippen LogP contribution in [0.4, 0.5) is 0 Å². The van der Waals surface area contributed by atoms with Crippen molar-refractivity contribution in [3.63, 3.8) is 0 Å². The number of rotatable bonds is 2. The summed E-state index contributed by atoms with van der Waals surface area (Å²) in [6.07, 6.45) is 7.47. The molecule has 1 unspecified atom stereocenters. The van der Waals surface area contributed by atoms with Crippen molar-refractivity contribution < 1.29 is 0 Å². The van der Waals surface area contributed by atoms with E-state index in [0.717, 1.165) is 18.5 Å². The van der Waals surface area contributed by atoms with Gasteiger partial charge in [0.25, 0.3) is 0 Å². The Balaban J connectivity index is 2.09. The Morgan fingerprint density at radius 2 is 2.21 bits per heavy atom. The smallest absolute Gasteiger partial charge is 0.0837 e. The van der Waals surface area contributed by atoms with E-state index in [1.165, 1.54) is 23.4 Å². The Hall–Kier alpha value is -1.55. The van der Waals surface area contributed by atoms with Gasteiger partial charge in [-0.3, -0.25) is 4.68 Å². The van der Waals surface area contributed by atoms with Gasteiger partial charge in [-0.15, -0.1) is 0 Å². The highest BCUT2D eigenvalue weighted by Crippen LogP contribution is 2.32. The van der Waals surface area contributed by atoms with Gasteiger partial charge >= 0.3 is 0 Å². The molecule has 3 rings (SSSR count). The molecule has 2 heterocycles. The Bertz CT molecular complexity index is 591. The van der Waals surface area contributed by atoms with Crippen molar-refractivity contribution in [3.05, 3.63) is 35.4 Å². The summed E-state index contributed by atoms with van der Waals surface area (Å²) in [7, 11) is 0. The van der Waals surface area contributed by atoms with Crippen LogP contribution in [0, 0.1) is 6.92 Å². The lowest BCUT2D eigenvalue weighted by atomic mass is 9.93. The highest BCUT2D eigenvalue weighted by Gasteiger charge is 2.23. The van der Waals surface area contributed by atoms with Crippen molar-refractivity contribution in [1.29, 1.82) is 0 Å². The van der Waals surface area contributed by atoms with Crippen molar-refractivity contribution in [2.75, 3.05) is 0 Å².